The van der Waals surface area contributed by atoms with Crippen molar-refractivity contribution in [2.45, 2.75) is 31.3 Å². The van der Waals surface area contributed by atoms with E-state index in [0.717, 1.165) is 34.1 Å². The molecule has 0 N–H and O–H groups in total. The first-order chi connectivity index (χ1) is 9.69. The quantitative estimate of drug-likeness (QED) is 0.778. The number of hydrogen-bond acceptors (Lipinski definition) is 4. The fourth-order valence-corrected chi connectivity index (χ4v) is 3.36. The van der Waals surface area contributed by atoms with E-state index >= 15 is 0 Å². The van der Waals surface area contributed by atoms with Gasteiger partial charge < -0.3 is 4.74 Å². The largest absolute Gasteiger partial charge is 0.480 e. The van der Waals surface area contributed by atoms with E-state index < -0.39 is 0 Å². The number of nitrogens with zero attached hydrogens (tertiary/aromatic N) is 2. The molecule has 1 aliphatic rings. The molecule has 3 nitrogen and oxygen atoms in total. The Bertz CT molecular complexity index is 648. The molecule has 1 atom stereocenters. The second kappa shape index (κ2) is 5.62. The van der Waals surface area contributed by atoms with Crippen LogP contribution in [-0.2, 0) is 6.42 Å². The summed E-state index contributed by atoms with van der Waals surface area (Å²) in [5, 5.41) is 0.527. The lowest BCUT2D eigenvalue weighted by Crippen LogP contribution is -2.19. The highest BCUT2D eigenvalue weighted by Crippen LogP contribution is 2.39. The lowest BCUT2D eigenvalue weighted by molar-refractivity contribution is 0.210. The summed E-state index contributed by atoms with van der Waals surface area (Å²) in [4.78, 5) is 10.2. The Morgan fingerprint density at radius 1 is 1.35 bits per heavy atom. The van der Waals surface area contributed by atoms with Crippen LogP contribution in [0.2, 0.25) is 5.15 Å². The predicted octanol–water partition coefficient (Wildman–Crippen LogP) is 4.23. The molecule has 5 heteroatoms. The van der Waals surface area contributed by atoms with Gasteiger partial charge in [-0.15, -0.1) is 11.8 Å². The average Bonchev–Trinajstić information content (AvgIpc) is 2.49. The summed E-state index contributed by atoms with van der Waals surface area (Å²) >= 11 is 7.97. The Kier molecular flexibility index (Phi) is 3.85. The zero-order valence-corrected chi connectivity index (χ0v) is 13.0. The van der Waals surface area contributed by atoms with Crippen molar-refractivity contribution in [3.63, 3.8) is 0 Å². The summed E-state index contributed by atoms with van der Waals surface area (Å²) in [5.41, 5.74) is 1.95. The Balaban J connectivity index is 1.93. The van der Waals surface area contributed by atoms with E-state index in [2.05, 4.69) is 23.0 Å². The molecule has 1 aliphatic heterocycles. The third-order valence-electron chi connectivity index (χ3n) is 3.34. The number of ether oxygens (including phenoxy) is 1. The van der Waals surface area contributed by atoms with Crippen LogP contribution in [0.1, 0.15) is 30.1 Å². The molecule has 0 saturated carbocycles. The smallest absolute Gasteiger partial charge is 0.171 e. The molecule has 0 saturated heterocycles. The predicted molar refractivity (Wildman–Crippen MR) is 81.7 cm³/mol. The molecular weight excluding hydrogens is 292 g/mol. The molecule has 3 rings (SSSR count). The molecular formula is C15H15ClN2OS. The highest BCUT2D eigenvalue weighted by molar-refractivity contribution is 7.99. The number of benzene rings is 1. The maximum Gasteiger partial charge on any atom is 0.171 e. The molecule has 20 heavy (non-hydrogen) atoms. The van der Waals surface area contributed by atoms with Gasteiger partial charge >= 0.3 is 0 Å². The van der Waals surface area contributed by atoms with E-state index in [1.165, 1.54) is 0 Å². The van der Waals surface area contributed by atoms with Gasteiger partial charge in [-0.05, 0) is 25.5 Å². The fourth-order valence-electron chi connectivity index (χ4n) is 2.19. The fraction of sp³-hybridized carbons (Fsp3) is 0.333. The summed E-state index contributed by atoms with van der Waals surface area (Å²) in [6.45, 7) is 4.03. The van der Waals surface area contributed by atoms with Gasteiger partial charge in [0.2, 0.25) is 0 Å². The van der Waals surface area contributed by atoms with Crippen molar-refractivity contribution in [3.8, 4) is 5.75 Å². The number of fused-ring (bicyclic) bond motifs is 1. The minimum atomic E-state index is -0.140. The van der Waals surface area contributed by atoms with Gasteiger partial charge in [0.1, 0.15) is 10.9 Å². The summed E-state index contributed by atoms with van der Waals surface area (Å²) < 4.78 is 6.01. The molecule has 1 aromatic carbocycles. The number of hydrogen-bond donors (Lipinski definition) is 0. The summed E-state index contributed by atoms with van der Waals surface area (Å²) in [5.74, 6) is 2.38. The van der Waals surface area contributed by atoms with Crippen molar-refractivity contribution in [2.24, 2.45) is 0 Å². The summed E-state index contributed by atoms with van der Waals surface area (Å²) in [6.07, 6.45) is 0.704. The third kappa shape index (κ3) is 2.50. The summed E-state index contributed by atoms with van der Waals surface area (Å²) in [7, 11) is 0. The molecule has 2 heterocycles. The second-order valence-electron chi connectivity index (χ2n) is 4.66. The second-order valence-corrected chi connectivity index (χ2v) is 6.08. The molecule has 0 fully saturated rings. The van der Waals surface area contributed by atoms with E-state index in [1.54, 1.807) is 11.8 Å². The van der Waals surface area contributed by atoms with Crippen LogP contribution in [0.5, 0.6) is 5.75 Å². The van der Waals surface area contributed by atoms with Gasteiger partial charge in [-0.25, -0.2) is 9.97 Å². The Hall–Kier alpha value is -1.26. The minimum Gasteiger partial charge on any atom is -0.480 e. The Labute approximate surface area is 127 Å². The Morgan fingerprint density at radius 3 is 2.95 bits per heavy atom. The number of aryl methyl sites for hydroxylation is 1. The van der Waals surface area contributed by atoms with E-state index in [1.807, 2.05) is 25.1 Å². The molecule has 0 amide bonds. The molecule has 1 unspecified atom stereocenters. The minimum absolute atomic E-state index is 0.140. The first-order valence-electron chi connectivity index (χ1n) is 6.60. The monoisotopic (exact) mass is 306 g/mol. The van der Waals surface area contributed by atoms with Crippen LogP contribution in [0.3, 0.4) is 0 Å². The van der Waals surface area contributed by atoms with Crippen molar-refractivity contribution in [2.75, 3.05) is 5.75 Å². The van der Waals surface area contributed by atoms with Gasteiger partial charge in [0, 0.05) is 21.9 Å². The van der Waals surface area contributed by atoms with Crippen molar-refractivity contribution in [3.05, 3.63) is 46.5 Å². The van der Waals surface area contributed by atoms with Gasteiger partial charge in [0.15, 0.2) is 11.9 Å². The molecule has 0 aliphatic carbocycles. The number of thioether (sulfide) groups is 1. The van der Waals surface area contributed by atoms with Crippen LogP contribution in [0, 0.1) is 6.92 Å². The van der Waals surface area contributed by atoms with Gasteiger partial charge in [-0.3, -0.25) is 0 Å². The highest BCUT2D eigenvalue weighted by Gasteiger charge is 2.25. The van der Waals surface area contributed by atoms with Gasteiger partial charge in [-0.2, -0.15) is 0 Å². The van der Waals surface area contributed by atoms with Gasteiger partial charge in [-0.1, -0.05) is 30.7 Å². The number of aromatic nitrogens is 2. The standard InChI is InChI=1S/C15H15ClN2OS/c1-3-10-9(2)14(16)18-15(17-10)12-8-20-13-7-5-4-6-11(13)19-12/h4-7,12H,3,8H2,1-2H3. The van der Waals surface area contributed by atoms with E-state index in [4.69, 9.17) is 16.3 Å². The number of para-hydroxylation sites is 1. The van der Waals surface area contributed by atoms with Crippen LogP contribution in [0.25, 0.3) is 0 Å². The van der Waals surface area contributed by atoms with Crippen molar-refractivity contribution in [1.82, 2.24) is 9.97 Å². The molecule has 0 bridgehead atoms. The summed E-state index contributed by atoms with van der Waals surface area (Å²) in [6, 6.07) is 8.04. The molecule has 0 spiro atoms. The topological polar surface area (TPSA) is 35.0 Å². The lowest BCUT2D eigenvalue weighted by Gasteiger charge is -2.25. The van der Waals surface area contributed by atoms with Gasteiger partial charge in [0.25, 0.3) is 0 Å². The van der Waals surface area contributed by atoms with Crippen molar-refractivity contribution in [1.29, 1.82) is 0 Å². The molecule has 2 aromatic rings. The van der Waals surface area contributed by atoms with Crippen LogP contribution in [0.15, 0.2) is 29.2 Å². The van der Waals surface area contributed by atoms with Crippen LogP contribution < -0.4 is 4.74 Å². The van der Waals surface area contributed by atoms with Gasteiger partial charge in [0.05, 0.1) is 0 Å². The molecule has 1 aromatic heterocycles. The van der Waals surface area contributed by atoms with E-state index in [9.17, 15) is 0 Å². The molecule has 104 valence electrons. The number of halogens is 1. The van der Waals surface area contributed by atoms with Crippen LogP contribution in [0.4, 0.5) is 0 Å². The number of rotatable bonds is 2. The van der Waals surface area contributed by atoms with E-state index in [-0.39, 0.29) is 6.10 Å². The van der Waals surface area contributed by atoms with Crippen LogP contribution in [-0.4, -0.2) is 15.7 Å². The van der Waals surface area contributed by atoms with Crippen LogP contribution >= 0.6 is 23.4 Å². The first kappa shape index (κ1) is 13.7. The SMILES string of the molecule is CCc1nc(C2CSc3ccccc3O2)nc(Cl)c1C. The van der Waals surface area contributed by atoms with Crippen molar-refractivity contribution < 1.29 is 4.74 Å². The van der Waals surface area contributed by atoms with Crippen molar-refractivity contribution >= 4 is 23.4 Å². The zero-order chi connectivity index (χ0) is 14.1. The molecule has 0 radical (unpaired) electrons. The highest BCUT2D eigenvalue weighted by atomic mass is 35.5. The maximum absolute atomic E-state index is 6.20. The maximum atomic E-state index is 6.20. The Morgan fingerprint density at radius 2 is 2.15 bits per heavy atom. The third-order valence-corrected chi connectivity index (χ3v) is 4.82. The zero-order valence-electron chi connectivity index (χ0n) is 11.4. The average molecular weight is 307 g/mol. The van der Waals surface area contributed by atoms with E-state index in [0.29, 0.717) is 11.0 Å². The first-order valence-corrected chi connectivity index (χ1v) is 7.96. The normalized spacial score (nSPS) is 17.4. The lowest BCUT2D eigenvalue weighted by atomic mass is 10.2.